The van der Waals surface area contributed by atoms with Gasteiger partial charge in [-0.05, 0) is 19.0 Å². The number of rotatable bonds is 4. The van der Waals surface area contributed by atoms with Crippen molar-refractivity contribution in [2.45, 2.75) is 19.9 Å². The Morgan fingerprint density at radius 3 is 2.62 bits per heavy atom. The summed E-state index contributed by atoms with van der Waals surface area (Å²) in [7, 11) is 1.87. The molecule has 1 heterocycles. The molecule has 0 fully saturated rings. The second-order valence-corrected chi connectivity index (χ2v) is 3.70. The SMILES string of the molecule is CCc1ccc(-c2cnc(CNC)o2)cc1. The quantitative estimate of drug-likeness (QED) is 0.853. The molecule has 3 heteroatoms. The largest absolute Gasteiger partial charge is 0.439 e. The van der Waals surface area contributed by atoms with Crippen LogP contribution in [-0.2, 0) is 13.0 Å². The van der Waals surface area contributed by atoms with Crippen LogP contribution in [0.25, 0.3) is 11.3 Å². The van der Waals surface area contributed by atoms with Gasteiger partial charge in [0.2, 0.25) is 5.89 Å². The van der Waals surface area contributed by atoms with Crippen molar-refractivity contribution >= 4 is 0 Å². The van der Waals surface area contributed by atoms with Crippen molar-refractivity contribution in [3.05, 3.63) is 41.9 Å². The fourth-order valence-corrected chi connectivity index (χ4v) is 1.58. The van der Waals surface area contributed by atoms with E-state index in [2.05, 4.69) is 41.5 Å². The first-order valence-electron chi connectivity index (χ1n) is 5.52. The van der Waals surface area contributed by atoms with Gasteiger partial charge in [-0.1, -0.05) is 31.2 Å². The molecule has 0 saturated heterocycles. The van der Waals surface area contributed by atoms with Gasteiger partial charge in [0.25, 0.3) is 0 Å². The number of oxazole rings is 1. The predicted octanol–water partition coefficient (Wildman–Crippen LogP) is 2.62. The van der Waals surface area contributed by atoms with Crippen molar-refractivity contribution in [1.29, 1.82) is 0 Å². The molecular weight excluding hydrogens is 200 g/mol. The zero-order valence-corrected chi connectivity index (χ0v) is 9.66. The van der Waals surface area contributed by atoms with Gasteiger partial charge < -0.3 is 9.73 Å². The summed E-state index contributed by atoms with van der Waals surface area (Å²) in [5.41, 5.74) is 2.41. The molecule has 0 unspecified atom stereocenters. The molecule has 2 rings (SSSR count). The van der Waals surface area contributed by atoms with Crippen LogP contribution >= 0.6 is 0 Å². The molecule has 0 aliphatic rings. The zero-order valence-electron chi connectivity index (χ0n) is 9.66. The summed E-state index contributed by atoms with van der Waals surface area (Å²) >= 11 is 0. The first-order valence-corrected chi connectivity index (χ1v) is 5.52. The molecular formula is C13H16N2O. The number of benzene rings is 1. The van der Waals surface area contributed by atoms with Crippen LogP contribution in [-0.4, -0.2) is 12.0 Å². The Kier molecular flexibility index (Phi) is 3.37. The average molecular weight is 216 g/mol. The van der Waals surface area contributed by atoms with E-state index in [0.717, 1.165) is 23.6 Å². The first-order chi connectivity index (χ1) is 7.83. The van der Waals surface area contributed by atoms with Gasteiger partial charge in [0, 0.05) is 5.56 Å². The lowest BCUT2D eigenvalue weighted by molar-refractivity contribution is 0.491. The van der Waals surface area contributed by atoms with Gasteiger partial charge in [-0.2, -0.15) is 0 Å². The topological polar surface area (TPSA) is 38.1 Å². The molecule has 16 heavy (non-hydrogen) atoms. The predicted molar refractivity (Wildman–Crippen MR) is 64.1 cm³/mol. The third-order valence-corrected chi connectivity index (χ3v) is 2.53. The van der Waals surface area contributed by atoms with Crippen LogP contribution in [0, 0.1) is 0 Å². The van der Waals surface area contributed by atoms with E-state index < -0.39 is 0 Å². The molecule has 84 valence electrons. The fraction of sp³-hybridized carbons (Fsp3) is 0.308. The minimum absolute atomic E-state index is 0.660. The van der Waals surface area contributed by atoms with E-state index in [0.29, 0.717) is 6.54 Å². The molecule has 0 aliphatic carbocycles. The van der Waals surface area contributed by atoms with E-state index in [4.69, 9.17) is 4.42 Å². The summed E-state index contributed by atoms with van der Waals surface area (Å²) in [6.07, 6.45) is 2.83. The molecule has 2 aromatic rings. The van der Waals surface area contributed by atoms with Crippen molar-refractivity contribution in [3.8, 4) is 11.3 Å². The molecule has 0 saturated carbocycles. The molecule has 3 nitrogen and oxygen atoms in total. The molecule has 1 aromatic carbocycles. The van der Waals surface area contributed by atoms with Gasteiger partial charge in [0.05, 0.1) is 12.7 Å². The Morgan fingerprint density at radius 2 is 2.00 bits per heavy atom. The second kappa shape index (κ2) is 4.94. The highest BCUT2D eigenvalue weighted by molar-refractivity contribution is 5.56. The van der Waals surface area contributed by atoms with E-state index in [-0.39, 0.29) is 0 Å². The number of nitrogens with one attached hydrogen (secondary N) is 1. The lowest BCUT2D eigenvalue weighted by Gasteiger charge is -1.98. The number of nitrogens with zero attached hydrogens (tertiary/aromatic N) is 1. The lowest BCUT2D eigenvalue weighted by Crippen LogP contribution is -2.04. The molecule has 1 N–H and O–H groups in total. The monoisotopic (exact) mass is 216 g/mol. The van der Waals surface area contributed by atoms with Gasteiger partial charge in [0.15, 0.2) is 5.76 Å². The highest BCUT2D eigenvalue weighted by Crippen LogP contribution is 2.20. The molecule has 0 amide bonds. The van der Waals surface area contributed by atoms with Crippen molar-refractivity contribution in [3.63, 3.8) is 0 Å². The Balaban J connectivity index is 2.21. The highest BCUT2D eigenvalue weighted by atomic mass is 16.4. The van der Waals surface area contributed by atoms with Gasteiger partial charge in [0.1, 0.15) is 0 Å². The van der Waals surface area contributed by atoms with Gasteiger partial charge in [-0.15, -0.1) is 0 Å². The summed E-state index contributed by atoms with van der Waals surface area (Å²) in [6.45, 7) is 2.81. The summed E-state index contributed by atoms with van der Waals surface area (Å²) in [5, 5.41) is 3.01. The van der Waals surface area contributed by atoms with Crippen LogP contribution < -0.4 is 5.32 Å². The van der Waals surface area contributed by atoms with E-state index in [1.807, 2.05) is 7.05 Å². The molecule has 1 aromatic heterocycles. The van der Waals surface area contributed by atoms with E-state index in [1.54, 1.807) is 6.20 Å². The summed E-state index contributed by atoms with van der Waals surface area (Å²) < 4.78 is 5.61. The fourth-order valence-electron chi connectivity index (χ4n) is 1.58. The van der Waals surface area contributed by atoms with Crippen molar-refractivity contribution in [1.82, 2.24) is 10.3 Å². The van der Waals surface area contributed by atoms with Crippen molar-refractivity contribution in [2.24, 2.45) is 0 Å². The number of hydrogen-bond donors (Lipinski definition) is 1. The minimum atomic E-state index is 0.660. The first kappa shape index (κ1) is 10.9. The molecule has 0 bridgehead atoms. The van der Waals surface area contributed by atoms with Crippen LogP contribution in [0.1, 0.15) is 18.4 Å². The number of hydrogen-bond acceptors (Lipinski definition) is 3. The van der Waals surface area contributed by atoms with E-state index in [1.165, 1.54) is 5.56 Å². The Hall–Kier alpha value is -1.61. The van der Waals surface area contributed by atoms with E-state index in [9.17, 15) is 0 Å². The third kappa shape index (κ3) is 2.31. The van der Waals surface area contributed by atoms with Crippen LogP contribution in [0.3, 0.4) is 0 Å². The number of aryl methyl sites for hydroxylation is 1. The van der Waals surface area contributed by atoms with Crippen molar-refractivity contribution < 1.29 is 4.42 Å². The van der Waals surface area contributed by atoms with E-state index >= 15 is 0 Å². The van der Waals surface area contributed by atoms with Gasteiger partial charge >= 0.3 is 0 Å². The summed E-state index contributed by atoms with van der Waals surface area (Å²) in [6, 6.07) is 8.39. The number of aromatic nitrogens is 1. The molecule has 0 radical (unpaired) electrons. The Morgan fingerprint density at radius 1 is 1.25 bits per heavy atom. The lowest BCUT2D eigenvalue weighted by atomic mass is 10.1. The minimum Gasteiger partial charge on any atom is -0.439 e. The summed E-state index contributed by atoms with van der Waals surface area (Å²) in [4.78, 5) is 4.20. The molecule has 0 aliphatic heterocycles. The Bertz CT molecular complexity index is 445. The van der Waals surface area contributed by atoms with Crippen LogP contribution in [0.5, 0.6) is 0 Å². The van der Waals surface area contributed by atoms with Gasteiger partial charge in [-0.3, -0.25) is 0 Å². The van der Waals surface area contributed by atoms with Gasteiger partial charge in [-0.25, -0.2) is 4.98 Å². The summed E-state index contributed by atoms with van der Waals surface area (Å²) in [5.74, 6) is 1.55. The maximum atomic E-state index is 5.61. The standard InChI is InChI=1S/C13H16N2O/c1-3-10-4-6-11(7-5-10)12-8-15-13(16-12)9-14-2/h4-8,14H,3,9H2,1-2H3. The maximum absolute atomic E-state index is 5.61. The molecule has 0 spiro atoms. The highest BCUT2D eigenvalue weighted by Gasteiger charge is 2.05. The average Bonchev–Trinajstić information content (AvgIpc) is 2.78. The third-order valence-electron chi connectivity index (χ3n) is 2.53. The van der Waals surface area contributed by atoms with Crippen LogP contribution in [0.15, 0.2) is 34.9 Å². The van der Waals surface area contributed by atoms with Crippen LogP contribution in [0.4, 0.5) is 0 Å². The smallest absolute Gasteiger partial charge is 0.208 e. The second-order valence-electron chi connectivity index (χ2n) is 3.70. The molecule has 0 atom stereocenters. The van der Waals surface area contributed by atoms with Crippen LogP contribution in [0.2, 0.25) is 0 Å². The maximum Gasteiger partial charge on any atom is 0.208 e. The normalized spacial score (nSPS) is 10.6. The van der Waals surface area contributed by atoms with Crippen molar-refractivity contribution in [2.75, 3.05) is 7.05 Å². The zero-order chi connectivity index (χ0) is 11.4. The Labute approximate surface area is 95.5 Å².